The number of hydrogen-bond acceptors (Lipinski definition) is 3. The Morgan fingerprint density at radius 2 is 2.00 bits per heavy atom. The van der Waals surface area contributed by atoms with Crippen LogP contribution in [0, 0.1) is 17.8 Å². The van der Waals surface area contributed by atoms with E-state index in [9.17, 15) is 8.42 Å². The molecule has 0 radical (unpaired) electrons. The maximum Gasteiger partial charge on any atom is 0.150 e. The summed E-state index contributed by atoms with van der Waals surface area (Å²) in [5, 5.41) is 3.38. The molecule has 1 aliphatic heterocycles. The van der Waals surface area contributed by atoms with Crippen molar-refractivity contribution < 1.29 is 8.42 Å². The lowest BCUT2D eigenvalue weighted by atomic mass is 9.86. The van der Waals surface area contributed by atoms with Crippen LogP contribution in [-0.4, -0.2) is 33.0 Å². The van der Waals surface area contributed by atoms with Crippen LogP contribution in [-0.2, 0) is 9.84 Å². The van der Waals surface area contributed by atoms with E-state index in [1.807, 2.05) is 0 Å². The van der Waals surface area contributed by atoms with Gasteiger partial charge in [0.15, 0.2) is 9.84 Å². The molecular weight excluding hydrogens is 234 g/mol. The standard InChI is InChI=1S/C13H27NO2S/c1-4-14-9-12(6-5-11(2)3)13-7-8-17(15,16)10-13/h11-14H,4-10H2,1-3H3. The predicted octanol–water partition coefficient (Wildman–Crippen LogP) is 2.08. The molecule has 0 spiro atoms. The Bertz CT molecular complexity index is 311. The van der Waals surface area contributed by atoms with Crippen molar-refractivity contribution in [3.63, 3.8) is 0 Å². The molecule has 0 aromatic carbocycles. The maximum absolute atomic E-state index is 11.5. The van der Waals surface area contributed by atoms with E-state index in [4.69, 9.17) is 0 Å². The van der Waals surface area contributed by atoms with Gasteiger partial charge in [-0.25, -0.2) is 8.42 Å². The van der Waals surface area contributed by atoms with Crippen LogP contribution < -0.4 is 5.32 Å². The fraction of sp³-hybridized carbons (Fsp3) is 1.00. The first-order valence-electron chi connectivity index (χ1n) is 6.85. The van der Waals surface area contributed by atoms with Gasteiger partial charge in [0.25, 0.3) is 0 Å². The van der Waals surface area contributed by atoms with Crippen molar-refractivity contribution in [2.45, 2.75) is 40.0 Å². The zero-order chi connectivity index (χ0) is 12.9. The van der Waals surface area contributed by atoms with Gasteiger partial charge in [-0.1, -0.05) is 27.2 Å². The summed E-state index contributed by atoms with van der Waals surface area (Å²) in [7, 11) is -2.73. The van der Waals surface area contributed by atoms with Crippen LogP contribution in [0.25, 0.3) is 0 Å². The van der Waals surface area contributed by atoms with Crippen LogP contribution in [0.3, 0.4) is 0 Å². The summed E-state index contributed by atoms with van der Waals surface area (Å²) in [5.41, 5.74) is 0. The molecule has 1 N–H and O–H groups in total. The molecule has 0 bridgehead atoms. The van der Waals surface area contributed by atoms with Crippen LogP contribution in [0.1, 0.15) is 40.0 Å². The highest BCUT2D eigenvalue weighted by atomic mass is 32.2. The van der Waals surface area contributed by atoms with E-state index in [2.05, 4.69) is 26.1 Å². The van der Waals surface area contributed by atoms with E-state index in [1.165, 1.54) is 6.42 Å². The lowest BCUT2D eigenvalue weighted by Crippen LogP contribution is -2.29. The lowest BCUT2D eigenvalue weighted by molar-refractivity contribution is 0.306. The minimum atomic E-state index is -2.73. The van der Waals surface area contributed by atoms with Crippen molar-refractivity contribution in [2.75, 3.05) is 24.6 Å². The van der Waals surface area contributed by atoms with E-state index in [0.29, 0.717) is 29.3 Å². The van der Waals surface area contributed by atoms with Crippen LogP contribution in [0.5, 0.6) is 0 Å². The van der Waals surface area contributed by atoms with Crippen LogP contribution >= 0.6 is 0 Å². The summed E-state index contributed by atoms with van der Waals surface area (Å²) >= 11 is 0. The highest BCUT2D eigenvalue weighted by molar-refractivity contribution is 7.91. The van der Waals surface area contributed by atoms with Crippen LogP contribution in [0.4, 0.5) is 0 Å². The summed E-state index contributed by atoms with van der Waals surface area (Å²) < 4.78 is 23.1. The fourth-order valence-corrected chi connectivity index (χ4v) is 4.50. The largest absolute Gasteiger partial charge is 0.317 e. The Balaban J connectivity index is 2.50. The van der Waals surface area contributed by atoms with Crippen LogP contribution in [0.15, 0.2) is 0 Å². The summed E-state index contributed by atoms with van der Waals surface area (Å²) in [6.45, 7) is 8.51. The third-order valence-electron chi connectivity index (χ3n) is 3.71. The van der Waals surface area contributed by atoms with Gasteiger partial charge in [0.2, 0.25) is 0 Å². The molecule has 0 aromatic heterocycles. The third-order valence-corrected chi connectivity index (χ3v) is 5.50. The van der Waals surface area contributed by atoms with Gasteiger partial charge in [-0.05, 0) is 43.7 Å². The number of sulfone groups is 1. The van der Waals surface area contributed by atoms with Crippen molar-refractivity contribution in [3.05, 3.63) is 0 Å². The molecule has 4 heteroatoms. The zero-order valence-electron chi connectivity index (χ0n) is 11.4. The van der Waals surface area contributed by atoms with Gasteiger partial charge >= 0.3 is 0 Å². The summed E-state index contributed by atoms with van der Waals surface area (Å²) in [6.07, 6.45) is 3.23. The Morgan fingerprint density at radius 1 is 1.29 bits per heavy atom. The monoisotopic (exact) mass is 261 g/mol. The Labute approximate surface area is 106 Å². The molecule has 2 unspecified atom stereocenters. The van der Waals surface area contributed by atoms with E-state index >= 15 is 0 Å². The highest BCUT2D eigenvalue weighted by Gasteiger charge is 2.33. The molecule has 1 heterocycles. The second-order valence-electron chi connectivity index (χ2n) is 5.70. The summed E-state index contributed by atoms with van der Waals surface area (Å²) in [6, 6.07) is 0. The minimum Gasteiger partial charge on any atom is -0.317 e. The van der Waals surface area contributed by atoms with Crippen molar-refractivity contribution >= 4 is 9.84 Å². The van der Waals surface area contributed by atoms with E-state index in [-0.39, 0.29) is 0 Å². The SMILES string of the molecule is CCNCC(CCC(C)C)C1CCS(=O)(=O)C1. The molecule has 2 atom stereocenters. The average Bonchev–Trinajstić information content (AvgIpc) is 2.58. The first-order chi connectivity index (χ1) is 7.94. The number of rotatable bonds is 7. The van der Waals surface area contributed by atoms with Gasteiger partial charge < -0.3 is 5.32 Å². The minimum absolute atomic E-state index is 0.387. The highest BCUT2D eigenvalue weighted by Crippen LogP contribution is 2.29. The lowest BCUT2D eigenvalue weighted by Gasteiger charge is -2.23. The van der Waals surface area contributed by atoms with Gasteiger partial charge in [0.05, 0.1) is 11.5 Å². The van der Waals surface area contributed by atoms with Gasteiger partial charge in [0.1, 0.15) is 0 Å². The molecule has 1 fully saturated rings. The quantitative estimate of drug-likeness (QED) is 0.763. The van der Waals surface area contributed by atoms with Gasteiger partial charge in [-0.15, -0.1) is 0 Å². The molecule has 17 heavy (non-hydrogen) atoms. The topological polar surface area (TPSA) is 46.2 Å². The molecule has 0 saturated carbocycles. The number of hydrogen-bond donors (Lipinski definition) is 1. The Kier molecular flexibility index (Phi) is 5.93. The summed E-state index contributed by atoms with van der Waals surface area (Å²) in [4.78, 5) is 0. The van der Waals surface area contributed by atoms with E-state index < -0.39 is 9.84 Å². The van der Waals surface area contributed by atoms with E-state index in [0.717, 1.165) is 25.9 Å². The normalized spacial score (nSPS) is 25.3. The molecule has 102 valence electrons. The van der Waals surface area contributed by atoms with E-state index in [1.54, 1.807) is 0 Å². The van der Waals surface area contributed by atoms with Gasteiger partial charge in [-0.3, -0.25) is 0 Å². The smallest absolute Gasteiger partial charge is 0.150 e. The molecule has 3 nitrogen and oxygen atoms in total. The molecular formula is C13H27NO2S. The first kappa shape index (κ1) is 15.0. The van der Waals surface area contributed by atoms with Crippen molar-refractivity contribution in [1.29, 1.82) is 0 Å². The van der Waals surface area contributed by atoms with Crippen molar-refractivity contribution in [1.82, 2.24) is 5.32 Å². The molecule has 1 rings (SSSR count). The molecule has 1 aliphatic rings. The van der Waals surface area contributed by atoms with Crippen LogP contribution in [0.2, 0.25) is 0 Å². The molecule has 0 amide bonds. The Morgan fingerprint density at radius 3 is 2.47 bits per heavy atom. The van der Waals surface area contributed by atoms with Gasteiger partial charge in [0, 0.05) is 0 Å². The molecule has 1 saturated heterocycles. The average molecular weight is 261 g/mol. The number of nitrogens with one attached hydrogen (secondary N) is 1. The Hall–Kier alpha value is -0.0900. The third kappa shape index (κ3) is 5.38. The van der Waals surface area contributed by atoms with Gasteiger partial charge in [-0.2, -0.15) is 0 Å². The first-order valence-corrected chi connectivity index (χ1v) is 8.68. The molecule has 0 aliphatic carbocycles. The summed E-state index contributed by atoms with van der Waals surface area (Å²) in [5.74, 6) is 2.45. The molecule has 0 aromatic rings. The second-order valence-corrected chi connectivity index (χ2v) is 7.93. The predicted molar refractivity (Wildman–Crippen MR) is 72.9 cm³/mol. The maximum atomic E-state index is 11.5. The van der Waals surface area contributed by atoms with Crippen molar-refractivity contribution in [2.24, 2.45) is 17.8 Å². The second kappa shape index (κ2) is 6.74. The fourth-order valence-electron chi connectivity index (χ4n) is 2.58. The zero-order valence-corrected chi connectivity index (χ0v) is 12.2. The van der Waals surface area contributed by atoms with Crippen molar-refractivity contribution in [3.8, 4) is 0 Å².